The average Bonchev–Trinajstić information content (AvgIpc) is 3.08. The second kappa shape index (κ2) is 9.46. The fourth-order valence-electron chi connectivity index (χ4n) is 3.19. The van der Waals surface area contributed by atoms with Crippen LogP contribution in [-0.2, 0) is 22.5 Å². The van der Waals surface area contributed by atoms with Crippen LogP contribution >= 0.6 is 11.3 Å². The molecule has 1 aliphatic rings. The summed E-state index contributed by atoms with van der Waals surface area (Å²) in [6, 6.07) is 10.0. The van der Waals surface area contributed by atoms with Gasteiger partial charge in [-0.05, 0) is 42.7 Å². The zero-order valence-electron chi connectivity index (χ0n) is 17.3. The molecule has 0 bridgehead atoms. The third-order valence-electron chi connectivity index (χ3n) is 4.77. The molecule has 0 spiro atoms. The molecule has 0 saturated heterocycles. The van der Waals surface area contributed by atoms with Crippen LogP contribution in [0.5, 0.6) is 0 Å². The number of amides is 2. The van der Waals surface area contributed by atoms with Crippen molar-refractivity contribution in [2.24, 2.45) is 0 Å². The van der Waals surface area contributed by atoms with Gasteiger partial charge in [-0.1, -0.05) is 12.1 Å². The molecule has 0 saturated carbocycles. The van der Waals surface area contributed by atoms with E-state index in [9.17, 15) is 14.9 Å². The summed E-state index contributed by atoms with van der Waals surface area (Å²) in [5.41, 5.74) is 3.38. The van der Waals surface area contributed by atoms with Crippen molar-refractivity contribution in [1.29, 1.82) is 5.26 Å². The third-order valence-corrected chi connectivity index (χ3v) is 5.90. The van der Waals surface area contributed by atoms with Crippen LogP contribution < -0.4 is 10.2 Å². The molecule has 156 valence electrons. The van der Waals surface area contributed by atoms with E-state index in [4.69, 9.17) is 4.74 Å². The standard InChI is InChI=1S/C22H24N4O3S/c1-4-29-22(28)26-12-11-17-18(13-23)21(30-19(17)14-26)24-20(27)10-7-15-5-8-16(9-6-15)25(2)3/h5-10H,4,11-12,14H2,1-3H3,(H,24,27)/b10-7+. The van der Waals surface area contributed by atoms with Crippen LogP contribution in [0.3, 0.4) is 0 Å². The van der Waals surface area contributed by atoms with Crippen LogP contribution in [-0.4, -0.2) is 44.1 Å². The number of nitrogens with zero attached hydrogens (tertiary/aromatic N) is 3. The number of nitriles is 1. The van der Waals surface area contributed by atoms with E-state index in [0.29, 0.717) is 36.7 Å². The van der Waals surface area contributed by atoms with Crippen molar-refractivity contribution in [2.45, 2.75) is 19.9 Å². The lowest BCUT2D eigenvalue weighted by Crippen LogP contribution is -2.35. The van der Waals surface area contributed by atoms with Gasteiger partial charge >= 0.3 is 6.09 Å². The van der Waals surface area contributed by atoms with E-state index in [1.54, 1.807) is 17.9 Å². The van der Waals surface area contributed by atoms with Gasteiger partial charge in [-0.3, -0.25) is 4.79 Å². The van der Waals surface area contributed by atoms with Crippen molar-refractivity contribution < 1.29 is 14.3 Å². The fourth-order valence-corrected chi connectivity index (χ4v) is 4.41. The Morgan fingerprint density at radius 1 is 1.33 bits per heavy atom. The predicted octanol–water partition coefficient (Wildman–Crippen LogP) is 3.85. The van der Waals surface area contributed by atoms with Gasteiger partial charge in [0.15, 0.2) is 0 Å². The molecule has 7 nitrogen and oxygen atoms in total. The Hall–Kier alpha value is -3.31. The molecule has 0 atom stereocenters. The number of carbonyl (C=O) groups is 2. The lowest BCUT2D eigenvalue weighted by molar-refractivity contribution is -0.111. The fraction of sp³-hybridized carbons (Fsp3) is 0.318. The lowest BCUT2D eigenvalue weighted by atomic mass is 10.0. The molecule has 2 aromatic rings. The van der Waals surface area contributed by atoms with Crippen molar-refractivity contribution in [3.8, 4) is 6.07 Å². The number of thiophene rings is 1. The number of ether oxygens (including phenoxy) is 1. The summed E-state index contributed by atoms with van der Waals surface area (Å²) in [5.74, 6) is -0.302. The van der Waals surface area contributed by atoms with Crippen LogP contribution in [0.2, 0.25) is 0 Å². The summed E-state index contributed by atoms with van der Waals surface area (Å²) in [6.07, 6.45) is 3.40. The van der Waals surface area contributed by atoms with Crippen LogP contribution in [0.25, 0.3) is 6.08 Å². The van der Waals surface area contributed by atoms with Gasteiger partial charge in [-0.25, -0.2) is 4.79 Å². The first-order valence-electron chi connectivity index (χ1n) is 9.65. The largest absolute Gasteiger partial charge is 0.450 e. The van der Waals surface area contributed by atoms with Crippen LogP contribution in [0.15, 0.2) is 30.3 Å². The number of benzene rings is 1. The summed E-state index contributed by atoms with van der Waals surface area (Å²) in [6.45, 7) is 2.97. The SMILES string of the molecule is CCOC(=O)N1CCc2c(sc(NC(=O)/C=C/c3ccc(N(C)C)cc3)c2C#N)C1. The summed E-state index contributed by atoms with van der Waals surface area (Å²) in [7, 11) is 3.94. The molecule has 1 aromatic carbocycles. The van der Waals surface area contributed by atoms with Crippen molar-refractivity contribution >= 4 is 40.1 Å². The van der Waals surface area contributed by atoms with Gasteiger partial charge in [0.1, 0.15) is 11.1 Å². The molecule has 30 heavy (non-hydrogen) atoms. The maximum atomic E-state index is 12.4. The number of hydrogen-bond donors (Lipinski definition) is 1. The first-order chi connectivity index (χ1) is 14.4. The average molecular weight is 425 g/mol. The van der Waals surface area contributed by atoms with Crippen LogP contribution in [0.4, 0.5) is 15.5 Å². The summed E-state index contributed by atoms with van der Waals surface area (Å²) in [5, 5.41) is 12.9. The van der Waals surface area contributed by atoms with E-state index in [1.807, 2.05) is 43.3 Å². The van der Waals surface area contributed by atoms with E-state index in [2.05, 4.69) is 11.4 Å². The van der Waals surface area contributed by atoms with Gasteiger partial charge in [0.2, 0.25) is 5.91 Å². The minimum Gasteiger partial charge on any atom is -0.450 e. The molecular weight excluding hydrogens is 400 g/mol. The lowest BCUT2D eigenvalue weighted by Gasteiger charge is -2.25. The molecular formula is C22H24N4O3S. The van der Waals surface area contributed by atoms with Crippen molar-refractivity contribution in [3.63, 3.8) is 0 Å². The smallest absolute Gasteiger partial charge is 0.410 e. The second-order valence-corrected chi connectivity index (χ2v) is 8.10. The third kappa shape index (κ3) is 4.81. The van der Waals surface area contributed by atoms with Crippen molar-refractivity contribution in [1.82, 2.24) is 4.90 Å². The predicted molar refractivity (Wildman–Crippen MR) is 119 cm³/mol. The molecule has 1 aromatic heterocycles. The highest BCUT2D eigenvalue weighted by atomic mass is 32.1. The minimum absolute atomic E-state index is 0.302. The normalized spacial score (nSPS) is 12.9. The highest BCUT2D eigenvalue weighted by molar-refractivity contribution is 7.16. The second-order valence-electron chi connectivity index (χ2n) is 7.00. The van der Waals surface area contributed by atoms with Gasteiger partial charge in [0.25, 0.3) is 0 Å². The minimum atomic E-state index is -0.358. The first kappa shape index (κ1) is 21.4. The Balaban J connectivity index is 1.70. The Labute approximate surface area is 180 Å². The molecule has 3 rings (SSSR count). The zero-order chi connectivity index (χ0) is 21.7. The molecule has 8 heteroatoms. The number of nitrogens with one attached hydrogen (secondary N) is 1. The van der Waals surface area contributed by atoms with Crippen LogP contribution in [0.1, 0.15) is 28.5 Å². The topological polar surface area (TPSA) is 85.7 Å². The van der Waals surface area contributed by atoms with Gasteiger partial charge in [-0.15, -0.1) is 11.3 Å². The van der Waals surface area contributed by atoms with E-state index in [1.165, 1.54) is 17.4 Å². The molecule has 0 fully saturated rings. The molecule has 0 radical (unpaired) electrons. The van der Waals surface area contributed by atoms with Crippen molar-refractivity contribution in [3.05, 3.63) is 51.9 Å². The number of rotatable bonds is 5. The highest BCUT2D eigenvalue weighted by Crippen LogP contribution is 2.36. The summed E-state index contributed by atoms with van der Waals surface area (Å²) < 4.78 is 5.06. The number of carbonyl (C=O) groups excluding carboxylic acids is 2. The maximum Gasteiger partial charge on any atom is 0.410 e. The number of hydrogen-bond acceptors (Lipinski definition) is 6. The zero-order valence-corrected chi connectivity index (χ0v) is 18.1. The van der Waals surface area contributed by atoms with E-state index >= 15 is 0 Å². The Morgan fingerprint density at radius 3 is 2.70 bits per heavy atom. The molecule has 2 amide bonds. The molecule has 0 unspecified atom stereocenters. The molecule has 0 aliphatic carbocycles. The molecule has 2 heterocycles. The van der Waals surface area contributed by atoms with Crippen molar-refractivity contribution in [2.75, 3.05) is 37.5 Å². The van der Waals surface area contributed by atoms with E-state index < -0.39 is 0 Å². The Bertz CT molecular complexity index is 1000. The summed E-state index contributed by atoms with van der Waals surface area (Å²) >= 11 is 1.34. The molecule has 1 aliphatic heterocycles. The molecule has 1 N–H and O–H groups in total. The van der Waals surface area contributed by atoms with Gasteiger partial charge in [-0.2, -0.15) is 5.26 Å². The highest BCUT2D eigenvalue weighted by Gasteiger charge is 2.27. The number of fused-ring (bicyclic) bond motifs is 1. The Kier molecular flexibility index (Phi) is 6.75. The van der Waals surface area contributed by atoms with Gasteiger partial charge < -0.3 is 19.9 Å². The first-order valence-corrected chi connectivity index (χ1v) is 10.5. The van der Waals surface area contributed by atoms with Crippen LogP contribution in [0, 0.1) is 11.3 Å². The quantitative estimate of drug-likeness (QED) is 0.737. The Morgan fingerprint density at radius 2 is 2.07 bits per heavy atom. The van der Waals surface area contributed by atoms with E-state index in [-0.39, 0.29) is 12.0 Å². The van der Waals surface area contributed by atoms with E-state index in [0.717, 1.165) is 21.7 Å². The summed E-state index contributed by atoms with van der Waals surface area (Å²) in [4.78, 5) is 28.9. The van der Waals surface area contributed by atoms with Gasteiger partial charge in [0, 0.05) is 37.3 Å². The maximum absolute atomic E-state index is 12.4. The monoisotopic (exact) mass is 424 g/mol. The van der Waals surface area contributed by atoms with Gasteiger partial charge in [0.05, 0.1) is 18.7 Å². The number of anilines is 2.